The maximum absolute atomic E-state index is 12.3. The Kier molecular flexibility index (Phi) is 9.85. The first-order valence-corrected chi connectivity index (χ1v) is 13.8. The van der Waals surface area contributed by atoms with Crippen LogP contribution in [0, 0.1) is 3.57 Å². The van der Waals surface area contributed by atoms with Crippen LogP contribution < -0.4 is 24.5 Å². The fraction of sp³-hybridized carbons (Fsp3) is 0.160. The molecule has 2 N–H and O–H groups in total. The van der Waals surface area contributed by atoms with Crippen LogP contribution in [0.4, 0.5) is 11.4 Å². The predicted molar refractivity (Wildman–Crippen MR) is 151 cm³/mol. The zero-order chi connectivity index (χ0) is 26.8. The first kappa shape index (κ1) is 27.9. The lowest BCUT2D eigenvalue weighted by molar-refractivity contribution is -0.119. The Bertz CT molecular complexity index is 1350. The molecular weight excluding hydrogens is 611 g/mol. The van der Waals surface area contributed by atoms with Gasteiger partial charge >= 0.3 is 0 Å². The van der Waals surface area contributed by atoms with Gasteiger partial charge in [-0.2, -0.15) is 5.10 Å². The number of rotatable bonds is 11. The summed E-state index contributed by atoms with van der Waals surface area (Å²) in [6.45, 7) is -0.588. The molecule has 194 valence electrons. The van der Waals surface area contributed by atoms with Gasteiger partial charge in [-0.1, -0.05) is 0 Å². The Hall–Kier alpha value is -3.65. The molecule has 0 fully saturated rings. The number of halogens is 1. The molecule has 0 bridgehead atoms. The molecule has 0 aromatic heterocycles. The molecule has 3 rings (SSSR count). The summed E-state index contributed by atoms with van der Waals surface area (Å²) in [5, 5.41) is 6.61. The van der Waals surface area contributed by atoms with Crippen molar-refractivity contribution in [3.05, 3.63) is 81.9 Å². The molecule has 0 saturated carbocycles. The van der Waals surface area contributed by atoms with E-state index in [0.29, 0.717) is 28.4 Å². The van der Waals surface area contributed by atoms with Gasteiger partial charge in [0.1, 0.15) is 18.0 Å². The van der Waals surface area contributed by atoms with Crippen LogP contribution in [0.2, 0.25) is 0 Å². The smallest absolute Gasteiger partial charge is 0.262 e. The Morgan fingerprint density at radius 2 is 1.57 bits per heavy atom. The van der Waals surface area contributed by atoms with Gasteiger partial charge in [0.05, 0.1) is 25.3 Å². The number of carbonyl (C=O) groups is 2. The highest BCUT2D eigenvalue weighted by atomic mass is 127. The first-order valence-electron chi connectivity index (χ1n) is 10.9. The monoisotopic (exact) mass is 636 g/mol. The maximum atomic E-state index is 12.3. The summed E-state index contributed by atoms with van der Waals surface area (Å²) in [4.78, 5) is 24.4. The van der Waals surface area contributed by atoms with Crippen LogP contribution in [-0.2, 0) is 19.6 Å². The number of nitrogens with zero attached hydrogens (tertiary/aromatic N) is 2. The van der Waals surface area contributed by atoms with Crippen molar-refractivity contribution in [2.24, 2.45) is 5.10 Å². The highest BCUT2D eigenvalue weighted by Gasteiger charge is 2.20. The van der Waals surface area contributed by atoms with Gasteiger partial charge in [-0.15, -0.1) is 0 Å². The van der Waals surface area contributed by atoms with Crippen LogP contribution >= 0.6 is 22.6 Å². The number of anilines is 2. The Morgan fingerprint density at radius 1 is 0.946 bits per heavy atom. The van der Waals surface area contributed by atoms with Crippen LogP contribution in [0.1, 0.15) is 5.56 Å². The van der Waals surface area contributed by atoms with Gasteiger partial charge in [0.25, 0.3) is 11.8 Å². The molecule has 0 saturated heterocycles. The summed E-state index contributed by atoms with van der Waals surface area (Å²) < 4.78 is 36.8. The highest BCUT2D eigenvalue weighted by Crippen LogP contribution is 2.19. The van der Waals surface area contributed by atoms with Crippen LogP contribution in [0.5, 0.6) is 11.5 Å². The van der Waals surface area contributed by atoms with Crippen molar-refractivity contribution in [3.8, 4) is 11.5 Å². The summed E-state index contributed by atoms with van der Waals surface area (Å²) in [7, 11) is -2.10. The van der Waals surface area contributed by atoms with Crippen molar-refractivity contribution in [1.29, 1.82) is 0 Å². The molecule has 12 heteroatoms. The van der Waals surface area contributed by atoms with E-state index in [4.69, 9.17) is 9.47 Å². The zero-order valence-corrected chi connectivity index (χ0v) is 23.0. The second kappa shape index (κ2) is 13.1. The zero-order valence-electron chi connectivity index (χ0n) is 20.0. The van der Waals surface area contributed by atoms with E-state index in [1.165, 1.54) is 6.21 Å². The summed E-state index contributed by atoms with van der Waals surface area (Å²) in [6.07, 6.45) is 2.45. The number of ether oxygens (including phenoxy) is 2. The van der Waals surface area contributed by atoms with Crippen LogP contribution in [0.15, 0.2) is 77.9 Å². The Labute approximate surface area is 228 Å². The lowest BCUT2D eigenvalue weighted by Crippen LogP contribution is -2.39. The van der Waals surface area contributed by atoms with Gasteiger partial charge in [-0.3, -0.25) is 13.9 Å². The van der Waals surface area contributed by atoms with E-state index in [9.17, 15) is 18.0 Å². The number of amides is 2. The number of benzene rings is 3. The minimum atomic E-state index is -3.67. The topological polar surface area (TPSA) is 126 Å². The molecule has 0 aliphatic heterocycles. The average Bonchev–Trinajstić information content (AvgIpc) is 2.87. The van der Waals surface area contributed by atoms with Gasteiger partial charge in [-0.25, -0.2) is 13.8 Å². The maximum Gasteiger partial charge on any atom is 0.262 e. The molecule has 2 amide bonds. The number of methoxy groups -OCH3 is 1. The van der Waals surface area contributed by atoms with Gasteiger partial charge in [-0.05, 0) is 101 Å². The standard InChI is InChI=1S/C25H25IN4O6S/c1-35-22-13-7-20(8-14-22)28-25(32)17-36-23-11-3-18(4-12-23)15-27-29-24(31)16-30(37(2,33)34)21-9-5-19(26)6-10-21/h3-15H,16-17H2,1-2H3,(H,28,32)(H,29,31)/b27-15-. The number of nitrogens with one attached hydrogen (secondary N) is 2. The molecule has 0 unspecified atom stereocenters. The van der Waals surface area contributed by atoms with Crippen molar-refractivity contribution < 1.29 is 27.5 Å². The van der Waals surface area contributed by atoms with E-state index >= 15 is 0 Å². The van der Waals surface area contributed by atoms with E-state index in [-0.39, 0.29) is 12.5 Å². The van der Waals surface area contributed by atoms with Gasteiger partial charge in [0.2, 0.25) is 10.0 Å². The lowest BCUT2D eigenvalue weighted by Gasteiger charge is -2.21. The molecule has 37 heavy (non-hydrogen) atoms. The quantitative estimate of drug-likeness (QED) is 0.189. The molecule has 10 nitrogen and oxygen atoms in total. The predicted octanol–water partition coefficient (Wildman–Crippen LogP) is 3.23. The molecule has 3 aromatic rings. The lowest BCUT2D eigenvalue weighted by atomic mass is 10.2. The summed E-state index contributed by atoms with van der Waals surface area (Å²) in [5.41, 5.74) is 4.00. The number of hydrogen-bond acceptors (Lipinski definition) is 7. The number of carbonyl (C=O) groups excluding carboxylic acids is 2. The van der Waals surface area contributed by atoms with Gasteiger partial charge < -0.3 is 14.8 Å². The molecule has 0 aliphatic rings. The van der Waals surface area contributed by atoms with Crippen LogP contribution in [-0.4, -0.2) is 53.0 Å². The van der Waals surface area contributed by atoms with Crippen molar-refractivity contribution >= 4 is 62.0 Å². The molecule has 0 atom stereocenters. The molecule has 0 spiro atoms. The third kappa shape index (κ3) is 9.06. The van der Waals surface area contributed by atoms with E-state index in [0.717, 1.165) is 14.1 Å². The van der Waals surface area contributed by atoms with Crippen molar-refractivity contribution in [1.82, 2.24) is 5.43 Å². The molecule has 0 radical (unpaired) electrons. The summed E-state index contributed by atoms with van der Waals surface area (Å²) in [5.74, 6) is 0.262. The van der Waals surface area contributed by atoms with E-state index < -0.39 is 22.5 Å². The number of hydrogen-bond donors (Lipinski definition) is 2. The molecule has 0 aliphatic carbocycles. The first-order chi connectivity index (χ1) is 17.6. The van der Waals surface area contributed by atoms with E-state index in [1.807, 2.05) is 0 Å². The van der Waals surface area contributed by atoms with Crippen molar-refractivity contribution in [2.75, 3.05) is 36.1 Å². The van der Waals surface area contributed by atoms with E-state index in [2.05, 4.69) is 38.4 Å². The van der Waals surface area contributed by atoms with E-state index in [1.54, 1.807) is 79.9 Å². The largest absolute Gasteiger partial charge is 0.497 e. The normalized spacial score (nSPS) is 11.1. The third-order valence-corrected chi connectivity index (χ3v) is 6.69. The number of sulfonamides is 1. The fourth-order valence-electron chi connectivity index (χ4n) is 3.02. The summed E-state index contributed by atoms with van der Waals surface area (Å²) >= 11 is 2.11. The second-order valence-corrected chi connectivity index (χ2v) is 10.8. The molecular formula is C25H25IN4O6S. The summed E-state index contributed by atoms with van der Waals surface area (Å²) in [6, 6.07) is 20.4. The second-order valence-electron chi connectivity index (χ2n) is 7.67. The fourth-order valence-corrected chi connectivity index (χ4v) is 4.24. The van der Waals surface area contributed by atoms with Crippen molar-refractivity contribution in [3.63, 3.8) is 0 Å². The highest BCUT2D eigenvalue weighted by molar-refractivity contribution is 14.1. The SMILES string of the molecule is COc1ccc(NC(=O)COc2ccc(/C=N\NC(=O)CN(c3ccc(I)cc3)S(C)(=O)=O)cc2)cc1. The van der Waals surface area contributed by atoms with Gasteiger partial charge in [0, 0.05) is 9.26 Å². The van der Waals surface area contributed by atoms with Crippen LogP contribution in [0.25, 0.3) is 0 Å². The van der Waals surface area contributed by atoms with Crippen LogP contribution in [0.3, 0.4) is 0 Å². The minimum absolute atomic E-state index is 0.174. The number of hydrazone groups is 1. The minimum Gasteiger partial charge on any atom is -0.497 e. The van der Waals surface area contributed by atoms with Gasteiger partial charge in [0.15, 0.2) is 6.61 Å². The average molecular weight is 636 g/mol. The molecule has 0 heterocycles. The Balaban J connectivity index is 1.48. The van der Waals surface area contributed by atoms with Crippen molar-refractivity contribution in [2.45, 2.75) is 0 Å². The third-order valence-electron chi connectivity index (χ3n) is 4.83. The Morgan fingerprint density at radius 3 is 2.16 bits per heavy atom. The molecule has 3 aromatic carbocycles.